The molecule has 0 unspecified atom stereocenters. The van der Waals surface area contributed by atoms with E-state index in [1.165, 1.54) is 6.07 Å². The van der Waals surface area contributed by atoms with E-state index in [0.717, 1.165) is 21.9 Å². The molecule has 0 saturated heterocycles. The van der Waals surface area contributed by atoms with Crippen molar-refractivity contribution in [2.75, 3.05) is 0 Å². The Morgan fingerprint density at radius 2 is 1.71 bits per heavy atom. The molecule has 0 radical (unpaired) electrons. The fraction of sp³-hybridized carbons (Fsp3) is 0.0833. The van der Waals surface area contributed by atoms with Crippen LogP contribution >= 0.6 is 0 Å². The average Bonchev–Trinajstić information content (AvgIpc) is 2.77. The number of benzene rings is 3. The van der Waals surface area contributed by atoms with E-state index >= 15 is 0 Å². The van der Waals surface area contributed by atoms with E-state index in [1.54, 1.807) is 6.92 Å². The number of aromatic nitrogens is 2. The molecule has 7 heteroatoms. The molecule has 1 amide bonds. The van der Waals surface area contributed by atoms with Gasteiger partial charge in [-0.2, -0.15) is 0 Å². The van der Waals surface area contributed by atoms with Crippen LogP contribution in [0.3, 0.4) is 0 Å². The van der Waals surface area contributed by atoms with Crippen LogP contribution in [0.4, 0.5) is 0 Å². The van der Waals surface area contributed by atoms with Crippen LogP contribution in [0.5, 0.6) is 0 Å². The normalized spacial score (nSPS) is 10.1. The molecule has 4 rings (SSSR count). The number of aromatic amines is 1. The highest BCUT2D eigenvalue weighted by molar-refractivity contribution is 6.10. The number of carbonyl (C=O) groups excluding carboxylic acids is 1. The Bertz CT molecular complexity index is 1270. The number of fused-ring (bicyclic) bond motifs is 1. The van der Waals surface area contributed by atoms with E-state index in [4.69, 9.17) is 9.90 Å². The third kappa shape index (κ3) is 5.22. The van der Waals surface area contributed by atoms with Gasteiger partial charge in [0.2, 0.25) is 0 Å². The number of nitrogens with zero attached hydrogens (tertiary/aromatic N) is 1. The molecule has 0 atom stereocenters. The molecule has 1 heterocycles. The van der Waals surface area contributed by atoms with Crippen LogP contribution in [0.2, 0.25) is 0 Å². The van der Waals surface area contributed by atoms with Crippen molar-refractivity contribution in [2.24, 2.45) is 0 Å². The van der Waals surface area contributed by atoms with Crippen molar-refractivity contribution in [3.8, 4) is 11.1 Å². The van der Waals surface area contributed by atoms with Crippen molar-refractivity contribution in [2.45, 2.75) is 13.5 Å². The first-order valence-electron chi connectivity index (χ1n) is 9.53. The van der Waals surface area contributed by atoms with Gasteiger partial charge in [-0.25, -0.2) is 4.98 Å². The number of hydrogen-bond donors (Lipinski definition) is 3. The summed E-state index contributed by atoms with van der Waals surface area (Å²) in [6, 6.07) is 23.2. The molecule has 0 aliphatic carbocycles. The Morgan fingerprint density at radius 3 is 2.42 bits per heavy atom. The Kier molecular flexibility index (Phi) is 6.90. The maximum atomic E-state index is 12.8. The molecule has 0 fully saturated rings. The number of carbonyl (C=O) groups is 2. The number of carboxylic acid groups (broad SMARTS) is 1. The lowest BCUT2D eigenvalue weighted by Crippen LogP contribution is -2.25. The molecule has 0 bridgehead atoms. The van der Waals surface area contributed by atoms with Gasteiger partial charge in [0.25, 0.3) is 17.9 Å². The summed E-state index contributed by atoms with van der Waals surface area (Å²) in [4.78, 5) is 39.6. The van der Waals surface area contributed by atoms with Gasteiger partial charge in [0.05, 0.1) is 12.2 Å². The lowest BCUT2D eigenvalue weighted by Gasteiger charge is -2.11. The molecule has 3 N–H and O–H groups in total. The first-order valence-corrected chi connectivity index (χ1v) is 9.53. The second kappa shape index (κ2) is 9.98. The van der Waals surface area contributed by atoms with Crippen LogP contribution in [0.1, 0.15) is 21.9 Å². The maximum Gasteiger partial charge on any atom is 0.290 e. The fourth-order valence-corrected chi connectivity index (χ4v) is 3.38. The third-order valence-corrected chi connectivity index (χ3v) is 4.59. The van der Waals surface area contributed by atoms with Gasteiger partial charge in [-0.15, -0.1) is 0 Å². The summed E-state index contributed by atoms with van der Waals surface area (Å²) >= 11 is 0. The minimum atomic E-state index is -0.250. The molecule has 3 aromatic carbocycles. The molecule has 156 valence electrons. The highest BCUT2D eigenvalue weighted by Gasteiger charge is 2.12. The molecule has 1 aromatic heterocycles. The first kappa shape index (κ1) is 21.4. The average molecular weight is 415 g/mol. The first-order chi connectivity index (χ1) is 15.0. The number of nitrogens with one attached hydrogen (secondary N) is 2. The van der Waals surface area contributed by atoms with E-state index in [-0.39, 0.29) is 24.5 Å². The van der Waals surface area contributed by atoms with Crippen LogP contribution < -0.4 is 10.9 Å². The Morgan fingerprint density at radius 1 is 1.03 bits per heavy atom. The van der Waals surface area contributed by atoms with Gasteiger partial charge in [-0.1, -0.05) is 60.7 Å². The zero-order valence-corrected chi connectivity index (χ0v) is 16.8. The van der Waals surface area contributed by atoms with Crippen LogP contribution in [-0.2, 0) is 11.3 Å². The predicted octanol–water partition coefficient (Wildman–Crippen LogP) is 3.53. The second-order valence-corrected chi connectivity index (χ2v) is 6.68. The molecule has 0 saturated carbocycles. The Hall–Kier alpha value is -4.26. The van der Waals surface area contributed by atoms with E-state index < -0.39 is 0 Å². The Balaban J connectivity index is 0.000000858. The zero-order chi connectivity index (χ0) is 22.2. The van der Waals surface area contributed by atoms with Crippen LogP contribution in [0.15, 0.2) is 77.6 Å². The quantitative estimate of drug-likeness (QED) is 0.442. The summed E-state index contributed by atoms with van der Waals surface area (Å²) in [5.74, 6) is 0.324. The summed E-state index contributed by atoms with van der Waals surface area (Å²) in [7, 11) is 0. The molecule has 0 aliphatic rings. The molecule has 0 spiro atoms. The lowest BCUT2D eigenvalue weighted by molar-refractivity contribution is -0.122. The van der Waals surface area contributed by atoms with Gasteiger partial charge in [0, 0.05) is 11.6 Å². The summed E-state index contributed by atoms with van der Waals surface area (Å²) < 4.78 is 0. The number of aryl methyl sites for hydroxylation is 1. The van der Waals surface area contributed by atoms with Gasteiger partial charge in [-0.05, 0) is 34.9 Å². The SMILES string of the molecule is Cc1nc(CNC(=O)c2cccc3c(-c4ccccc4)cccc23)cc(=O)[nH]1.O=CO. The second-order valence-electron chi connectivity index (χ2n) is 6.68. The minimum Gasteiger partial charge on any atom is -0.483 e. The smallest absolute Gasteiger partial charge is 0.290 e. The number of hydrogen-bond acceptors (Lipinski definition) is 4. The minimum absolute atomic E-state index is 0.193. The maximum absolute atomic E-state index is 12.8. The number of rotatable bonds is 4. The topological polar surface area (TPSA) is 112 Å². The van der Waals surface area contributed by atoms with Crippen molar-refractivity contribution >= 4 is 23.2 Å². The van der Waals surface area contributed by atoms with Crippen molar-refractivity contribution in [1.29, 1.82) is 0 Å². The van der Waals surface area contributed by atoms with E-state index in [1.807, 2.05) is 48.5 Å². The van der Waals surface area contributed by atoms with E-state index in [9.17, 15) is 9.59 Å². The van der Waals surface area contributed by atoms with Gasteiger partial charge >= 0.3 is 0 Å². The molecular weight excluding hydrogens is 394 g/mol. The summed E-state index contributed by atoms with van der Waals surface area (Å²) in [5.41, 5.74) is 3.08. The fourth-order valence-electron chi connectivity index (χ4n) is 3.38. The van der Waals surface area contributed by atoms with Crippen molar-refractivity contribution in [3.05, 3.63) is 100 Å². The lowest BCUT2D eigenvalue weighted by atomic mass is 9.95. The summed E-state index contributed by atoms with van der Waals surface area (Å²) in [6.07, 6.45) is 0. The summed E-state index contributed by atoms with van der Waals surface area (Å²) in [5, 5.41) is 11.7. The summed E-state index contributed by atoms with van der Waals surface area (Å²) in [6.45, 7) is 1.65. The van der Waals surface area contributed by atoms with Crippen molar-refractivity contribution in [3.63, 3.8) is 0 Å². The van der Waals surface area contributed by atoms with Crippen LogP contribution in [-0.4, -0.2) is 27.5 Å². The molecular formula is C24H21N3O4. The van der Waals surface area contributed by atoms with Crippen LogP contribution in [0.25, 0.3) is 21.9 Å². The monoisotopic (exact) mass is 415 g/mol. The van der Waals surface area contributed by atoms with Gasteiger partial charge in [-0.3, -0.25) is 14.4 Å². The molecule has 31 heavy (non-hydrogen) atoms. The largest absolute Gasteiger partial charge is 0.483 e. The third-order valence-electron chi connectivity index (χ3n) is 4.59. The number of amides is 1. The standard InChI is InChI=1S/C23H19N3O2.CH2O2/c1-15-25-17(13-22(27)26-15)14-24-23(28)21-12-6-10-19-18(9-5-11-20(19)21)16-7-3-2-4-8-16;2-1-3/h2-13H,14H2,1H3,(H,24,28)(H,25,26,27);1H,(H,2,3). The van der Waals surface area contributed by atoms with E-state index in [2.05, 4.69) is 33.5 Å². The highest BCUT2D eigenvalue weighted by Crippen LogP contribution is 2.30. The predicted molar refractivity (Wildman–Crippen MR) is 119 cm³/mol. The van der Waals surface area contributed by atoms with Crippen molar-refractivity contribution < 1.29 is 14.7 Å². The van der Waals surface area contributed by atoms with Crippen LogP contribution in [0, 0.1) is 6.92 Å². The molecule has 4 aromatic rings. The van der Waals surface area contributed by atoms with Gasteiger partial charge < -0.3 is 15.4 Å². The Labute approximate surface area is 178 Å². The number of H-pyrrole nitrogens is 1. The highest BCUT2D eigenvalue weighted by atomic mass is 16.3. The zero-order valence-electron chi connectivity index (χ0n) is 16.8. The molecule has 0 aliphatic heterocycles. The van der Waals surface area contributed by atoms with Crippen molar-refractivity contribution in [1.82, 2.24) is 15.3 Å². The van der Waals surface area contributed by atoms with E-state index in [0.29, 0.717) is 17.1 Å². The van der Waals surface area contributed by atoms with Gasteiger partial charge in [0.15, 0.2) is 0 Å². The molecule has 7 nitrogen and oxygen atoms in total. The van der Waals surface area contributed by atoms with Gasteiger partial charge in [0.1, 0.15) is 5.82 Å².